The summed E-state index contributed by atoms with van der Waals surface area (Å²) in [6.45, 7) is 6.38. The van der Waals surface area contributed by atoms with Gasteiger partial charge >= 0.3 is 0 Å². The van der Waals surface area contributed by atoms with E-state index < -0.39 is 0 Å². The number of hydrogen-bond acceptors (Lipinski definition) is 5. The van der Waals surface area contributed by atoms with Crippen molar-refractivity contribution in [3.05, 3.63) is 35.3 Å². The molecule has 1 N–H and O–H groups in total. The molecule has 0 aliphatic heterocycles. The topological polar surface area (TPSA) is 43.4 Å². The van der Waals surface area contributed by atoms with Gasteiger partial charge in [-0.05, 0) is 25.0 Å². The van der Waals surface area contributed by atoms with Gasteiger partial charge in [0.15, 0.2) is 16.6 Å². The number of anilines is 1. The van der Waals surface area contributed by atoms with E-state index in [2.05, 4.69) is 24.1 Å². The Morgan fingerprint density at radius 1 is 1.10 bits per heavy atom. The average Bonchev–Trinajstić information content (AvgIpc) is 2.97. The van der Waals surface area contributed by atoms with E-state index in [1.165, 1.54) is 0 Å². The Labute approximate surface area is 130 Å². The largest absolute Gasteiger partial charge is 0.490 e. The highest BCUT2D eigenvalue weighted by atomic mass is 32.1. The minimum Gasteiger partial charge on any atom is -0.490 e. The molecule has 0 saturated heterocycles. The molecular formula is C16H22N2O2S. The molecule has 5 heteroatoms. The third-order valence-corrected chi connectivity index (χ3v) is 3.69. The number of ether oxygens (including phenoxy) is 2. The highest BCUT2D eigenvalue weighted by Gasteiger charge is 2.06. The summed E-state index contributed by atoms with van der Waals surface area (Å²) in [5, 5.41) is 4.23. The zero-order chi connectivity index (χ0) is 14.9. The number of aromatic nitrogens is 1. The maximum atomic E-state index is 5.86. The minimum atomic E-state index is 0.512. The van der Waals surface area contributed by atoms with Crippen LogP contribution < -0.4 is 14.8 Å². The zero-order valence-corrected chi connectivity index (χ0v) is 13.4. The maximum Gasteiger partial charge on any atom is 0.182 e. The number of nitrogens with zero attached hydrogens (tertiary/aromatic N) is 1. The molecule has 0 amide bonds. The second-order valence-electron chi connectivity index (χ2n) is 4.64. The fourth-order valence-corrected chi connectivity index (χ4v) is 2.49. The monoisotopic (exact) mass is 306 g/mol. The van der Waals surface area contributed by atoms with Gasteiger partial charge < -0.3 is 14.8 Å². The van der Waals surface area contributed by atoms with Crippen molar-refractivity contribution in [2.45, 2.75) is 33.3 Å². The lowest BCUT2D eigenvalue weighted by Gasteiger charge is -2.11. The molecular weight excluding hydrogens is 284 g/mol. The van der Waals surface area contributed by atoms with Crippen LogP contribution in [-0.2, 0) is 6.61 Å². The highest BCUT2D eigenvalue weighted by Crippen LogP contribution is 2.28. The van der Waals surface area contributed by atoms with Gasteiger partial charge in [0.1, 0.15) is 6.61 Å². The Hall–Kier alpha value is -1.75. The van der Waals surface area contributed by atoms with Crippen LogP contribution in [0.4, 0.5) is 5.13 Å². The first-order valence-corrected chi connectivity index (χ1v) is 8.18. The molecule has 4 nitrogen and oxygen atoms in total. The van der Waals surface area contributed by atoms with Crippen LogP contribution in [0.15, 0.2) is 30.5 Å². The molecule has 2 rings (SSSR count). The van der Waals surface area contributed by atoms with E-state index in [1.807, 2.05) is 30.5 Å². The molecule has 1 aromatic carbocycles. The van der Waals surface area contributed by atoms with Gasteiger partial charge in [0.25, 0.3) is 0 Å². The lowest BCUT2D eigenvalue weighted by Crippen LogP contribution is -1.99. The van der Waals surface area contributed by atoms with Crippen molar-refractivity contribution in [1.29, 1.82) is 0 Å². The predicted octanol–water partition coefficient (Wildman–Crippen LogP) is 4.33. The van der Waals surface area contributed by atoms with Crippen molar-refractivity contribution < 1.29 is 9.47 Å². The van der Waals surface area contributed by atoms with Gasteiger partial charge in [-0.25, -0.2) is 4.98 Å². The fourth-order valence-electron chi connectivity index (χ4n) is 1.74. The molecule has 0 radical (unpaired) electrons. The Morgan fingerprint density at radius 3 is 2.57 bits per heavy atom. The van der Waals surface area contributed by atoms with Crippen LogP contribution in [0.2, 0.25) is 0 Å². The Bertz CT molecular complexity index is 543. The summed E-state index contributed by atoms with van der Waals surface area (Å²) in [7, 11) is 0. The van der Waals surface area contributed by atoms with Crippen molar-refractivity contribution in [2.24, 2.45) is 0 Å². The molecule has 0 aliphatic carbocycles. The third kappa shape index (κ3) is 4.93. The number of para-hydroxylation sites is 2. The molecule has 0 bridgehead atoms. The van der Waals surface area contributed by atoms with Gasteiger partial charge in [-0.3, -0.25) is 0 Å². The lowest BCUT2D eigenvalue weighted by molar-refractivity contribution is 0.263. The van der Waals surface area contributed by atoms with Crippen LogP contribution in [0.1, 0.15) is 31.6 Å². The second kappa shape index (κ2) is 8.52. The van der Waals surface area contributed by atoms with E-state index in [0.29, 0.717) is 13.2 Å². The van der Waals surface area contributed by atoms with Gasteiger partial charge in [0.05, 0.1) is 11.5 Å². The van der Waals surface area contributed by atoms with E-state index in [-0.39, 0.29) is 0 Å². The van der Waals surface area contributed by atoms with Crippen LogP contribution >= 0.6 is 11.3 Å². The van der Waals surface area contributed by atoms with Crippen molar-refractivity contribution in [2.75, 3.05) is 18.5 Å². The summed E-state index contributed by atoms with van der Waals surface area (Å²) in [6, 6.07) is 7.78. The molecule has 0 saturated carbocycles. The fraction of sp³-hybridized carbons (Fsp3) is 0.438. The molecule has 0 aliphatic rings. The first-order chi connectivity index (χ1) is 10.3. The Morgan fingerprint density at radius 2 is 1.86 bits per heavy atom. The molecule has 0 fully saturated rings. The van der Waals surface area contributed by atoms with Crippen LogP contribution in [0.25, 0.3) is 0 Å². The molecule has 1 aromatic heterocycles. The summed E-state index contributed by atoms with van der Waals surface area (Å²) >= 11 is 1.63. The summed E-state index contributed by atoms with van der Waals surface area (Å²) < 4.78 is 11.5. The first-order valence-electron chi connectivity index (χ1n) is 7.36. The molecule has 114 valence electrons. The normalized spacial score (nSPS) is 10.4. The van der Waals surface area contributed by atoms with Crippen molar-refractivity contribution in [3.8, 4) is 11.5 Å². The Balaban J connectivity index is 1.91. The first kappa shape index (κ1) is 15.6. The number of thiazole rings is 1. The SMILES string of the molecule is CCCNc1ncc(COc2ccccc2OCCC)s1. The van der Waals surface area contributed by atoms with Crippen LogP contribution in [-0.4, -0.2) is 18.1 Å². The van der Waals surface area contributed by atoms with E-state index >= 15 is 0 Å². The van der Waals surface area contributed by atoms with Gasteiger partial charge in [0.2, 0.25) is 0 Å². The Kier molecular flexibility index (Phi) is 6.34. The van der Waals surface area contributed by atoms with Crippen molar-refractivity contribution >= 4 is 16.5 Å². The highest BCUT2D eigenvalue weighted by molar-refractivity contribution is 7.15. The summed E-state index contributed by atoms with van der Waals surface area (Å²) in [5.41, 5.74) is 0. The van der Waals surface area contributed by atoms with Crippen LogP contribution in [0.3, 0.4) is 0 Å². The van der Waals surface area contributed by atoms with E-state index in [9.17, 15) is 0 Å². The van der Waals surface area contributed by atoms with Gasteiger partial charge in [-0.2, -0.15) is 0 Å². The number of hydrogen-bond donors (Lipinski definition) is 1. The van der Waals surface area contributed by atoms with Crippen molar-refractivity contribution in [3.63, 3.8) is 0 Å². The average molecular weight is 306 g/mol. The van der Waals surface area contributed by atoms with E-state index in [0.717, 1.165) is 40.9 Å². The smallest absolute Gasteiger partial charge is 0.182 e. The lowest BCUT2D eigenvalue weighted by atomic mass is 10.3. The number of benzene rings is 1. The van der Waals surface area contributed by atoms with Gasteiger partial charge in [0, 0.05) is 12.7 Å². The summed E-state index contributed by atoms with van der Waals surface area (Å²) in [5.74, 6) is 1.58. The maximum absolute atomic E-state index is 5.86. The molecule has 0 atom stereocenters. The van der Waals surface area contributed by atoms with Gasteiger partial charge in [-0.15, -0.1) is 0 Å². The van der Waals surface area contributed by atoms with E-state index in [1.54, 1.807) is 11.3 Å². The number of nitrogens with one attached hydrogen (secondary N) is 1. The molecule has 0 spiro atoms. The quantitative estimate of drug-likeness (QED) is 0.748. The molecule has 2 aromatic rings. The van der Waals surface area contributed by atoms with Crippen LogP contribution in [0.5, 0.6) is 11.5 Å². The molecule has 0 unspecified atom stereocenters. The van der Waals surface area contributed by atoms with Crippen LogP contribution in [0, 0.1) is 0 Å². The van der Waals surface area contributed by atoms with E-state index in [4.69, 9.17) is 9.47 Å². The summed E-state index contributed by atoms with van der Waals surface area (Å²) in [4.78, 5) is 5.43. The molecule has 21 heavy (non-hydrogen) atoms. The summed E-state index contributed by atoms with van der Waals surface area (Å²) in [6.07, 6.45) is 3.93. The van der Waals surface area contributed by atoms with Crippen molar-refractivity contribution in [1.82, 2.24) is 4.98 Å². The minimum absolute atomic E-state index is 0.512. The third-order valence-electron chi connectivity index (χ3n) is 2.76. The predicted molar refractivity (Wildman–Crippen MR) is 87.5 cm³/mol. The second-order valence-corrected chi connectivity index (χ2v) is 5.76. The molecule has 1 heterocycles. The zero-order valence-electron chi connectivity index (χ0n) is 12.6. The standard InChI is InChI=1S/C16H22N2O2S/c1-3-9-17-16-18-11-13(21-16)12-20-15-8-6-5-7-14(15)19-10-4-2/h5-8,11H,3-4,9-10,12H2,1-2H3,(H,17,18). The number of rotatable bonds is 9. The van der Waals surface area contributed by atoms with Gasteiger partial charge in [-0.1, -0.05) is 37.3 Å².